The molecule has 0 bridgehead atoms. The summed E-state index contributed by atoms with van der Waals surface area (Å²) < 4.78 is 10.5. The summed E-state index contributed by atoms with van der Waals surface area (Å²) in [6.45, 7) is 0. The van der Waals surface area contributed by atoms with Crippen LogP contribution in [0, 0.1) is 0 Å². The first kappa shape index (κ1) is 7.70. The maximum absolute atomic E-state index is 5.23. The molecule has 53 valence electrons. The summed E-state index contributed by atoms with van der Waals surface area (Å²) in [5.74, 6) is 1.82. The van der Waals surface area contributed by atoms with Crippen molar-refractivity contribution in [1.29, 1.82) is 0 Å². The molecule has 4 heteroatoms. The van der Waals surface area contributed by atoms with Crippen LogP contribution < -0.4 is 6.03 Å². The van der Waals surface area contributed by atoms with E-state index in [4.69, 9.17) is 6.03 Å². The number of hydrogen-bond donors (Lipinski definition) is 0. The summed E-state index contributed by atoms with van der Waals surface area (Å²) in [6.07, 6.45) is 0. The molecule has 1 aliphatic heterocycles. The zero-order valence-corrected chi connectivity index (χ0v) is 7.63. The van der Waals surface area contributed by atoms with Gasteiger partial charge in [0, 0.05) is 0 Å². The fourth-order valence-corrected chi connectivity index (χ4v) is 2.13. The minimum atomic E-state index is -0.796. The SMILES string of the molecule is O.c1ccc2c(c1)[O][Sb][O]2. The van der Waals surface area contributed by atoms with E-state index in [0.717, 1.165) is 11.5 Å². The number of para-hydroxylation sites is 2. The van der Waals surface area contributed by atoms with Gasteiger partial charge in [0.1, 0.15) is 0 Å². The third-order valence-electron chi connectivity index (χ3n) is 1.12. The summed E-state index contributed by atoms with van der Waals surface area (Å²) in [7, 11) is 0. The van der Waals surface area contributed by atoms with Gasteiger partial charge in [0.05, 0.1) is 0 Å². The van der Waals surface area contributed by atoms with Gasteiger partial charge in [-0.2, -0.15) is 0 Å². The molecular formula is C6H6O3Sb. The Labute approximate surface area is 69.9 Å². The van der Waals surface area contributed by atoms with Gasteiger partial charge in [0.15, 0.2) is 0 Å². The van der Waals surface area contributed by atoms with E-state index in [9.17, 15) is 0 Å². The number of hydrogen-bond acceptors (Lipinski definition) is 2. The van der Waals surface area contributed by atoms with Gasteiger partial charge in [-0.3, -0.25) is 0 Å². The van der Waals surface area contributed by atoms with E-state index >= 15 is 0 Å². The quantitative estimate of drug-likeness (QED) is 0.614. The Bertz CT molecular complexity index is 203. The van der Waals surface area contributed by atoms with Crippen molar-refractivity contribution in [3.8, 4) is 11.5 Å². The molecule has 2 N–H and O–H groups in total. The number of fused-ring (bicyclic) bond motifs is 1. The molecule has 1 aromatic rings. The molecule has 0 atom stereocenters. The van der Waals surface area contributed by atoms with E-state index in [-0.39, 0.29) is 5.48 Å². The van der Waals surface area contributed by atoms with Gasteiger partial charge in [0.2, 0.25) is 0 Å². The van der Waals surface area contributed by atoms with Crippen molar-refractivity contribution in [2.24, 2.45) is 0 Å². The standard InChI is InChI=1S/C6H6O2.H2O.Sb/c7-5-3-1-2-4-6(5)8;;/h1-4,7-8H;1H2;/q;;+2/p-2. The molecule has 0 aliphatic carbocycles. The zero-order chi connectivity index (χ0) is 6.10. The Kier molecular flexibility index (Phi) is 2.41. The van der Waals surface area contributed by atoms with Crippen LogP contribution in [0.15, 0.2) is 24.3 Å². The van der Waals surface area contributed by atoms with Crippen LogP contribution in [0.1, 0.15) is 0 Å². The Balaban J connectivity index is 0.000000500. The van der Waals surface area contributed by atoms with Crippen molar-refractivity contribution in [1.82, 2.24) is 0 Å². The molecule has 1 heterocycles. The van der Waals surface area contributed by atoms with Crippen LogP contribution in [-0.2, 0) is 0 Å². The summed E-state index contributed by atoms with van der Waals surface area (Å²) in [5.41, 5.74) is 0. The second-order valence-corrected chi connectivity index (χ2v) is 3.17. The third-order valence-corrected chi connectivity index (χ3v) is 2.67. The van der Waals surface area contributed by atoms with Crippen molar-refractivity contribution in [3.05, 3.63) is 24.3 Å². The van der Waals surface area contributed by atoms with Gasteiger partial charge >= 0.3 is 64.3 Å². The Morgan fingerprint density at radius 1 is 1.00 bits per heavy atom. The van der Waals surface area contributed by atoms with Gasteiger partial charge in [-0.1, -0.05) is 0 Å². The molecule has 1 aliphatic rings. The third kappa shape index (κ3) is 1.20. The van der Waals surface area contributed by atoms with Gasteiger partial charge < -0.3 is 5.48 Å². The number of rotatable bonds is 0. The van der Waals surface area contributed by atoms with Gasteiger partial charge in [-0.15, -0.1) is 0 Å². The van der Waals surface area contributed by atoms with Crippen molar-refractivity contribution >= 4 is 22.5 Å². The first-order chi connectivity index (χ1) is 4.47. The van der Waals surface area contributed by atoms with E-state index in [1.807, 2.05) is 24.3 Å². The van der Waals surface area contributed by atoms with E-state index in [2.05, 4.69) is 0 Å². The summed E-state index contributed by atoms with van der Waals surface area (Å²) in [5, 5.41) is 0. The van der Waals surface area contributed by atoms with Crippen LogP contribution >= 0.6 is 0 Å². The number of benzene rings is 1. The minimum absolute atomic E-state index is 0. The predicted octanol–water partition coefficient (Wildman–Crippen LogP) is 0.167. The second kappa shape index (κ2) is 3.13. The molecule has 0 unspecified atom stereocenters. The molecule has 0 spiro atoms. The van der Waals surface area contributed by atoms with E-state index in [1.165, 1.54) is 0 Å². The maximum atomic E-state index is 5.23. The average molecular weight is 248 g/mol. The normalized spacial score (nSPS) is 12.4. The monoisotopic (exact) mass is 247 g/mol. The van der Waals surface area contributed by atoms with E-state index in [0.29, 0.717) is 0 Å². The fourth-order valence-electron chi connectivity index (χ4n) is 0.700. The zero-order valence-electron chi connectivity index (χ0n) is 5.07. The summed E-state index contributed by atoms with van der Waals surface area (Å²) >= 11 is -0.796. The van der Waals surface area contributed by atoms with Crippen molar-refractivity contribution in [2.75, 3.05) is 0 Å². The van der Waals surface area contributed by atoms with Crippen LogP contribution in [0.5, 0.6) is 11.5 Å². The molecule has 2 rings (SSSR count). The molecular weight excluding hydrogens is 242 g/mol. The van der Waals surface area contributed by atoms with Crippen LogP contribution in [0.2, 0.25) is 0 Å². The van der Waals surface area contributed by atoms with Crippen LogP contribution in [-0.4, -0.2) is 27.9 Å². The van der Waals surface area contributed by atoms with Gasteiger partial charge in [-0.05, 0) is 0 Å². The van der Waals surface area contributed by atoms with Crippen LogP contribution in [0.4, 0.5) is 0 Å². The van der Waals surface area contributed by atoms with E-state index in [1.54, 1.807) is 0 Å². The molecule has 1 radical (unpaired) electrons. The Morgan fingerprint density at radius 3 is 2.00 bits per heavy atom. The molecule has 0 fully saturated rings. The topological polar surface area (TPSA) is 50.0 Å². The molecule has 0 amide bonds. The van der Waals surface area contributed by atoms with Crippen LogP contribution in [0.3, 0.4) is 0 Å². The van der Waals surface area contributed by atoms with Crippen LogP contribution in [0.25, 0.3) is 0 Å². The van der Waals surface area contributed by atoms with Crippen molar-refractivity contribution < 1.29 is 11.5 Å². The summed E-state index contributed by atoms with van der Waals surface area (Å²) in [4.78, 5) is 0. The van der Waals surface area contributed by atoms with Gasteiger partial charge in [-0.25, -0.2) is 0 Å². The molecule has 3 nitrogen and oxygen atoms in total. The molecule has 0 saturated heterocycles. The summed E-state index contributed by atoms with van der Waals surface area (Å²) in [6, 6.07) is 7.75. The van der Waals surface area contributed by atoms with Crippen molar-refractivity contribution in [3.63, 3.8) is 0 Å². The molecule has 0 saturated carbocycles. The molecule has 10 heavy (non-hydrogen) atoms. The average Bonchev–Trinajstić information content (AvgIpc) is 2.33. The molecule has 1 aromatic carbocycles. The molecule has 0 aromatic heterocycles. The first-order valence-corrected chi connectivity index (χ1v) is 4.69. The Morgan fingerprint density at radius 2 is 1.50 bits per heavy atom. The fraction of sp³-hybridized carbons (Fsp3) is 0. The van der Waals surface area contributed by atoms with E-state index < -0.39 is 22.5 Å². The van der Waals surface area contributed by atoms with Gasteiger partial charge in [0.25, 0.3) is 0 Å². The Hall–Kier alpha value is -0.402. The first-order valence-electron chi connectivity index (χ1n) is 2.60. The van der Waals surface area contributed by atoms with Crippen molar-refractivity contribution in [2.45, 2.75) is 0 Å². The predicted molar refractivity (Wildman–Crippen MR) is 37.1 cm³/mol. The second-order valence-electron chi connectivity index (χ2n) is 1.70.